The normalized spacial score (nSPS) is 12.0. The van der Waals surface area contributed by atoms with E-state index >= 15 is 0 Å². The van der Waals surface area contributed by atoms with Gasteiger partial charge in [0.2, 0.25) is 0 Å². The fraction of sp³-hybridized carbons (Fsp3) is 0.0500. The van der Waals surface area contributed by atoms with Gasteiger partial charge in [-0.3, -0.25) is 0 Å². The lowest BCUT2D eigenvalue weighted by molar-refractivity contribution is -0.137. The molecule has 0 atom stereocenters. The topological polar surface area (TPSA) is 36.9 Å². The zero-order valence-corrected chi connectivity index (χ0v) is 14.0. The van der Waals surface area contributed by atoms with Crippen LogP contribution in [0.4, 0.5) is 13.2 Å². The standard InChI is InChI=1S/C20H11ClF3NO/c21-18-7-2-1-6-17(18)19-9-8-16(26-19)11-14(12-25)13-4-3-5-15(10-13)20(22,23)24/h1-11H/b14-11+. The largest absolute Gasteiger partial charge is 0.457 e. The predicted octanol–water partition coefficient (Wildman–Crippen LogP) is 6.68. The Bertz CT molecular complexity index is 1010. The molecule has 1 aromatic heterocycles. The second-order valence-electron chi connectivity index (χ2n) is 5.43. The lowest BCUT2D eigenvalue weighted by Gasteiger charge is -2.07. The van der Waals surface area contributed by atoms with Gasteiger partial charge in [0.1, 0.15) is 11.5 Å². The molecule has 0 amide bonds. The van der Waals surface area contributed by atoms with E-state index in [-0.39, 0.29) is 11.1 Å². The fourth-order valence-corrected chi connectivity index (χ4v) is 2.65. The highest BCUT2D eigenvalue weighted by Crippen LogP contribution is 2.32. The smallest absolute Gasteiger partial charge is 0.416 e. The quantitative estimate of drug-likeness (QED) is 0.480. The summed E-state index contributed by atoms with van der Waals surface area (Å²) in [6.07, 6.45) is -3.08. The summed E-state index contributed by atoms with van der Waals surface area (Å²) in [5.41, 5.74) is 0.105. The molecular formula is C20H11ClF3NO. The molecular weight excluding hydrogens is 363 g/mol. The number of alkyl halides is 3. The number of benzene rings is 2. The number of rotatable bonds is 3. The predicted molar refractivity (Wildman–Crippen MR) is 94.1 cm³/mol. The van der Waals surface area contributed by atoms with Crippen LogP contribution in [0.5, 0.6) is 0 Å². The number of nitrogens with zero attached hydrogens (tertiary/aromatic N) is 1. The monoisotopic (exact) mass is 373 g/mol. The first-order chi connectivity index (χ1) is 12.4. The summed E-state index contributed by atoms with van der Waals surface area (Å²) in [5, 5.41) is 9.85. The summed E-state index contributed by atoms with van der Waals surface area (Å²) in [6.45, 7) is 0. The maximum absolute atomic E-state index is 12.9. The van der Waals surface area contributed by atoms with Gasteiger partial charge >= 0.3 is 6.18 Å². The summed E-state index contributed by atoms with van der Waals surface area (Å²) >= 11 is 6.12. The zero-order chi connectivity index (χ0) is 18.7. The van der Waals surface area contributed by atoms with Crippen molar-refractivity contribution in [3.05, 3.63) is 82.6 Å². The first-order valence-corrected chi connectivity index (χ1v) is 7.90. The van der Waals surface area contributed by atoms with E-state index in [0.717, 1.165) is 12.1 Å². The second kappa shape index (κ2) is 7.11. The van der Waals surface area contributed by atoms with Crippen molar-refractivity contribution < 1.29 is 17.6 Å². The van der Waals surface area contributed by atoms with E-state index in [1.807, 2.05) is 12.1 Å². The molecule has 2 aromatic carbocycles. The summed E-state index contributed by atoms with van der Waals surface area (Å²) in [5.74, 6) is 0.845. The average Bonchev–Trinajstić information content (AvgIpc) is 3.08. The van der Waals surface area contributed by atoms with Crippen LogP contribution in [0.2, 0.25) is 5.02 Å². The molecule has 0 N–H and O–H groups in total. The van der Waals surface area contributed by atoms with Crippen molar-refractivity contribution in [2.75, 3.05) is 0 Å². The summed E-state index contributed by atoms with van der Waals surface area (Å²) < 4.78 is 44.2. The molecule has 0 saturated carbocycles. The summed E-state index contributed by atoms with van der Waals surface area (Å²) in [4.78, 5) is 0. The van der Waals surface area contributed by atoms with Crippen molar-refractivity contribution >= 4 is 23.3 Å². The van der Waals surface area contributed by atoms with Crippen LogP contribution in [-0.2, 0) is 6.18 Å². The van der Waals surface area contributed by atoms with Gasteiger partial charge < -0.3 is 4.42 Å². The molecule has 3 rings (SSSR count). The van der Waals surface area contributed by atoms with Gasteiger partial charge in [-0.2, -0.15) is 18.4 Å². The summed E-state index contributed by atoms with van der Waals surface area (Å²) in [6, 6.07) is 16.9. The molecule has 0 unspecified atom stereocenters. The highest BCUT2D eigenvalue weighted by molar-refractivity contribution is 6.33. The molecule has 0 radical (unpaired) electrons. The van der Waals surface area contributed by atoms with Gasteiger partial charge in [-0.15, -0.1) is 0 Å². The molecule has 26 heavy (non-hydrogen) atoms. The molecule has 0 aliphatic heterocycles. The first kappa shape index (κ1) is 17.8. The lowest BCUT2D eigenvalue weighted by Crippen LogP contribution is -2.04. The van der Waals surface area contributed by atoms with E-state index in [0.29, 0.717) is 22.1 Å². The number of allylic oxidation sites excluding steroid dienone is 1. The van der Waals surface area contributed by atoms with Crippen molar-refractivity contribution in [2.45, 2.75) is 6.18 Å². The van der Waals surface area contributed by atoms with E-state index in [1.54, 1.807) is 30.3 Å². The van der Waals surface area contributed by atoms with Crippen LogP contribution in [0.3, 0.4) is 0 Å². The Balaban J connectivity index is 1.97. The lowest BCUT2D eigenvalue weighted by atomic mass is 10.0. The van der Waals surface area contributed by atoms with E-state index in [9.17, 15) is 18.4 Å². The first-order valence-electron chi connectivity index (χ1n) is 7.52. The third kappa shape index (κ3) is 3.81. The van der Waals surface area contributed by atoms with E-state index in [2.05, 4.69) is 0 Å². The number of halogens is 4. The minimum Gasteiger partial charge on any atom is -0.457 e. The van der Waals surface area contributed by atoms with Gasteiger partial charge in [0.05, 0.1) is 22.2 Å². The van der Waals surface area contributed by atoms with Gasteiger partial charge in [-0.25, -0.2) is 0 Å². The van der Waals surface area contributed by atoms with Gasteiger partial charge in [-0.05, 0) is 48.0 Å². The Morgan fingerprint density at radius 1 is 1.04 bits per heavy atom. The van der Waals surface area contributed by atoms with Crippen molar-refractivity contribution in [1.29, 1.82) is 5.26 Å². The maximum Gasteiger partial charge on any atom is 0.416 e. The van der Waals surface area contributed by atoms with Crippen LogP contribution in [0.15, 0.2) is 65.1 Å². The molecule has 0 aliphatic carbocycles. The van der Waals surface area contributed by atoms with E-state index < -0.39 is 11.7 Å². The Labute approximate surface area is 152 Å². The molecule has 2 nitrogen and oxygen atoms in total. The fourth-order valence-electron chi connectivity index (χ4n) is 2.42. The highest BCUT2D eigenvalue weighted by atomic mass is 35.5. The van der Waals surface area contributed by atoms with Crippen LogP contribution in [0, 0.1) is 11.3 Å². The molecule has 0 aliphatic rings. The third-order valence-corrected chi connectivity index (χ3v) is 4.00. The van der Waals surface area contributed by atoms with Crippen LogP contribution < -0.4 is 0 Å². The van der Waals surface area contributed by atoms with Crippen LogP contribution in [0.25, 0.3) is 23.0 Å². The van der Waals surface area contributed by atoms with E-state index in [1.165, 1.54) is 18.2 Å². The molecule has 0 bridgehead atoms. The van der Waals surface area contributed by atoms with Crippen molar-refractivity contribution in [3.8, 4) is 17.4 Å². The molecule has 0 fully saturated rings. The Hall–Kier alpha value is -2.97. The summed E-state index contributed by atoms with van der Waals surface area (Å²) in [7, 11) is 0. The molecule has 130 valence electrons. The molecule has 0 spiro atoms. The van der Waals surface area contributed by atoms with Gasteiger partial charge in [0.25, 0.3) is 0 Å². The van der Waals surface area contributed by atoms with Crippen molar-refractivity contribution in [2.24, 2.45) is 0 Å². The third-order valence-electron chi connectivity index (χ3n) is 3.67. The Morgan fingerprint density at radius 3 is 2.50 bits per heavy atom. The second-order valence-corrected chi connectivity index (χ2v) is 5.84. The molecule has 6 heteroatoms. The Morgan fingerprint density at radius 2 is 1.81 bits per heavy atom. The van der Waals surface area contributed by atoms with E-state index in [4.69, 9.17) is 16.0 Å². The minimum atomic E-state index is -4.47. The SMILES string of the molecule is N#C/C(=C\c1ccc(-c2ccccc2Cl)o1)c1cccc(C(F)(F)F)c1. The van der Waals surface area contributed by atoms with Gasteiger partial charge in [-0.1, -0.05) is 35.9 Å². The number of nitriles is 1. The van der Waals surface area contributed by atoms with Crippen molar-refractivity contribution in [3.63, 3.8) is 0 Å². The maximum atomic E-state index is 12.9. The number of hydrogen-bond acceptors (Lipinski definition) is 2. The molecule has 0 saturated heterocycles. The van der Waals surface area contributed by atoms with Crippen LogP contribution in [-0.4, -0.2) is 0 Å². The number of hydrogen-bond donors (Lipinski definition) is 0. The minimum absolute atomic E-state index is 0.0659. The molecule has 1 heterocycles. The van der Waals surface area contributed by atoms with Gasteiger partial charge in [0, 0.05) is 5.56 Å². The zero-order valence-electron chi connectivity index (χ0n) is 13.2. The van der Waals surface area contributed by atoms with Crippen LogP contribution in [0.1, 0.15) is 16.9 Å². The number of furan rings is 1. The Kier molecular flexibility index (Phi) is 4.88. The van der Waals surface area contributed by atoms with Crippen LogP contribution >= 0.6 is 11.6 Å². The molecule has 3 aromatic rings. The average molecular weight is 374 g/mol. The van der Waals surface area contributed by atoms with Crippen molar-refractivity contribution in [1.82, 2.24) is 0 Å². The highest BCUT2D eigenvalue weighted by Gasteiger charge is 2.30. The van der Waals surface area contributed by atoms with Gasteiger partial charge in [0.15, 0.2) is 0 Å².